The van der Waals surface area contributed by atoms with E-state index in [2.05, 4.69) is 10.6 Å². The Labute approximate surface area is 219 Å². The maximum absolute atomic E-state index is 13.2. The molecule has 210 valence electrons. The van der Waals surface area contributed by atoms with E-state index >= 15 is 0 Å². The van der Waals surface area contributed by atoms with Gasteiger partial charge in [-0.1, -0.05) is 44.2 Å². The molecule has 1 aliphatic rings. The Morgan fingerprint density at radius 1 is 1.13 bits per heavy atom. The van der Waals surface area contributed by atoms with Crippen LogP contribution in [-0.2, 0) is 28.6 Å². The molecule has 0 bridgehead atoms. The third-order valence-corrected chi connectivity index (χ3v) is 5.65. The summed E-state index contributed by atoms with van der Waals surface area (Å²) in [5, 5.41) is 42.6. The molecule has 14 nitrogen and oxygen atoms in total. The quantitative estimate of drug-likeness (QED) is 0.0669. The number of ether oxygens (including phenoxy) is 3. The molecule has 38 heavy (non-hydrogen) atoms. The van der Waals surface area contributed by atoms with Gasteiger partial charge < -0.3 is 51.6 Å². The molecule has 0 fully saturated rings. The molecule has 2 rings (SSSR count). The Hall–Kier alpha value is -3.72. The first-order chi connectivity index (χ1) is 17.8. The van der Waals surface area contributed by atoms with E-state index in [0.717, 1.165) is 6.08 Å². The first kappa shape index (κ1) is 30.5. The lowest BCUT2D eigenvalue weighted by molar-refractivity contribution is -0.193. The summed E-state index contributed by atoms with van der Waals surface area (Å²) >= 11 is 0. The fourth-order valence-electron chi connectivity index (χ4n) is 3.56. The van der Waals surface area contributed by atoms with Crippen LogP contribution in [0.3, 0.4) is 0 Å². The van der Waals surface area contributed by atoms with Crippen LogP contribution >= 0.6 is 0 Å². The van der Waals surface area contributed by atoms with Gasteiger partial charge in [-0.2, -0.15) is 0 Å². The second-order valence-corrected chi connectivity index (χ2v) is 9.02. The van der Waals surface area contributed by atoms with Crippen LogP contribution < -0.4 is 22.1 Å². The van der Waals surface area contributed by atoms with Crippen LogP contribution in [-0.4, -0.2) is 82.2 Å². The summed E-state index contributed by atoms with van der Waals surface area (Å²) in [6, 6.07) is 4.86. The number of rotatable bonds is 11. The maximum Gasteiger partial charge on any atom is 0.376 e. The molecule has 1 heterocycles. The van der Waals surface area contributed by atoms with Gasteiger partial charge >= 0.3 is 11.9 Å². The van der Waals surface area contributed by atoms with Crippen molar-refractivity contribution in [1.82, 2.24) is 10.6 Å². The lowest BCUT2D eigenvalue weighted by atomic mass is 9.92. The number of aliphatic hydroxyl groups is 3. The number of benzene rings is 1. The summed E-state index contributed by atoms with van der Waals surface area (Å²) in [5.41, 5.74) is 11.6. The minimum absolute atomic E-state index is 0.261. The van der Waals surface area contributed by atoms with Gasteiger partial charge in [0.1, 0.15) is 24.4 Å². The van der Waals surface area contributed by atoms with Crippen molar-refractivity contribution in [2.45, 2.75) is 63.5 Å². The lowest BCUT2D eigenvalue weighted by Crippen LogP contribution is -2.64. The normalized spacial score (nSPS) is 22.1. The van der Waals surface area contributed by atoms with Crippen molar-refractivity contribution in [2.24, 2.45) is 17.4 Å². The Kier molecular flexibility index (Phi) is 11.0. The zero-order chi connectivity index (χ0) is 28.6. The van der Waals surface area contributed by atoms with Gasteiger partial charge in [0, 0.05) is 12.5 Å². The molecule has 1 aromatic rings. The van der Waals surface area contributed by atoms with Crippen LogP contribution in [0.4, 0.5) is 0 Å². The highest BCUT2D eigenvalue weighted by molar-refractivity contribution is 5.87. The second kappa shape index (κ2) is 13.7. The minimum Gasteiger partial charge on any atom is -0.478 e. The third kappa shape index (κ3) is 8.14. The van der Waals surface area contributed by atoms with E-state index in [1.54, 1.807) is 44.2 Å². The molecule has 0 radical (unpaired) electrons. The van der Waals surface area contributed by atoms with Crippen molar-refractivity contribution >= 4 is 23.8 Å². The fourth-order valence-corrected chi connectivity index (χ4v) is 3.56. The zero-order valence-electron chi connectivity index (χ0n) is 21.2. The predicted molar refractivity (Wildman–Crippen MR) is 133 cm³/mol. The lowest BCUT2D eigenvalue weighted by Gasteiger charge is -2.40. The molecule has 0 aliphatic carbocycles. The van der Waals surface area contributed by atoms with Crippen molar-refractivity contribution in [1.29, 1.82) is 5.41 Å². The molecule has 10 N–H and O–H groups in total. The smallest absolute Gasteiger partial charge is 0.376 e. The topological polar surface area (TPSA) is 240 Å². The first-order valence-corrected chi connectivity index (χ1v) is 11.8. The van der Waals surface area contributed by atoms with Crippen LogP contribution in [0.15, 0.2) is 42.2 Å². The van der Waals surface area contributed by atoms with E-state index in [0.29, 0.717) is 5.56 Å². The summed E-state index contributed by atoms with van der Waals surface area (Å²) in [6.07, 6.45) is -5.37. The molecule has 1 unspecified atom stereocenters. The molecule has 0 saturated carbocycles. The van der Waals surface area contributed by atoms with Crippen molar-refractivity contribution < 1.29 is 43.9 Å². The van der Waals surface area contributed by atoms with Crippen molar-refractivity contribution in [3.8, 4) is 0 Å². The van der Waals surface area contributed by atoms with Crippen molar-refractivity contribution in [3.63, 3.8) is 0 Å². The molecule has 7 atom stereocenters. The van der Waals surface area contributed by atoms with Gasteiger partial charge in [0.2, 0.25) is 11.7 Å². The predicted octanol–water partition coefficient (Wildman–Crippen LogP) is -1.89. The average molecular weight is 538 g/mol. The molecule has 1 aliphatic heterocycles. The number of carbonyl (C=O) groups excluding carboxylic acids is 3. The van der Waals surface area contributed by atoms with Crippen molar-refractivity contribution in [2.75, 3.05) is 6.61 Å². The number of hydrogen-bond donors (Lipinski definition) is 8. The molecule has 0 spiro atoms. The van der Waals surface area contributed by atoms with Crippen LogP contribution in [0.1, 0.15) is 32.6 Å². The summed E-state index contributed by atoms with van der Waals surface area (Å²) < 4.78 is 16.4. The van der Waals surface area contributed by atoms with E-state index in [1.165, 1.54) is 6.92 Å². The van der Waals surface area contributed by atoms with Crippen LogP contribution in [0, 0.1) is 11.3 Å². The van der Waals surface area contributed by atoms with Crippen LogP contribution in [0.2, 0.25) is 0 Å². The number of nitrogens with one attached hydrogen (secondary N) is 3. The molecule has 0 saturated heterocycles. The van der Waals surface area contributed by atoms with Gasteiger partial charge in [-0.3, -0.25) is 15.0 Å². The Morgan fingerprint density at radius 2 is 1.76 bits per heavy atom. The summed E-state index contributed by atoms with van der Waals surface area (Å²) in [7, 11) is 0. The number of carbonyl (C=O) groups is 3. The summed E-state index contributed by atoms with van der Waals surface area (Å²) in [6.45, 7) is 3.77. The van der Waals surface area contributed by atoms with E-state index in [4.69, 9.17) is 31.1 Å². The van der Waals surface area contributed by atoms with E-state index < -0.39 is 78.9 Å². The minimum atomic E-state index is -1.80. The summed E-state index contributed by atoms with van der Waals surface area (Å²) in [5.74, 6) is -3.82. The number of hydrogen-bond acceptors (Lipinski definition) is 11. The standard InChI is InChI=1S/C24H35N5O9/c1-11(2)17(25)22(35)38-23(13-7-5-4-6-8-13)37-21(34)16-9-14(29-24(26)27)18(28-12(3)31)20(36-16)19(33)15(32)10-30/h4-9,11,14-15,17-20,23,30,32-33H,10,25H2,1-3H3,(H,28,31)(H4,26,27,29)/t14-,15+,17-,18+,19-,20+,23?/m0/s1. The molecule has 1 amide bonds. The number of amides is 1. The molecular weight excluding hydrogens is 502 g/mol. The van der Waals surface area contributed by atoms with Gasteiger partial charge in [-0.05, 0) is 12.0 Å². The van der Waals surface area contributed by atoms with Gasteiger partial charge in [0.15, 0.2) is 5.96 Å². The SMILES string of the molecule is CC(=O)N[C@H]1[C@H]([C@@H](O)[C@H](O)CO)OC(C(=O)OC(OC(=O)[C@@H](N)C(C)C)c2ccccc2)=C[C@@H]1NC(=N)N. The fraction of sp³-hybridized carbons (Fsp3) is 0.500. The monoisotopic (exact) mass is 537 g/mol. The number of esters is 2. The highest BCUT2D eigenvalue weighted by atomic mass is 16.7. The molecule has 14 heteroatoms. The third-order valence-electron chi connectivity index (χ3n) is 5.65. The van der Waals surface area contributed by atoms with Gasteiger partial charge in [0.25, 0.3) is 6.29 Å². The van der Waals surface area contributed by atoms with E-state index in [9.17, 15) is 29.7 Å². The van der Waals surface area contributed by atoms with E-state index in [-0.39, 0.29) is 5.92 Å². The Bertz CT molecular complexity index is 1020. The molecule has 0 aromatic heterocycles. The first-order valence-electron chi connectivity index (χ1n) is 11.8. The second-order valence-electron chi connectivity index (χ2n) is 9.02. The van der Waals surface area contributed by atoms with Gasteiger partial charge in [-0.25, -0.2) is 4.79 Å². The highest BCUT2D eigenvalue weighted by Crippen LogP contribution is 2.27. The molecule has 1 aromatic carbocycles. The maximum atomic E-state index is 13.2. The largest absolute Gasteiger partial charge is 0.478 e. The van der Waals surface area contributed by atoms with Crippen molar-refractivity contribution in [3.05, 3.63) is 47.7 Å². The summed E-state index contributed by atoms with van der Waals surface area (Å²) in [4.78, 5) is 37.6. The van der Waals surface area contributed by atoms with Gasteiger partial charge in [0.05, 0.1) is 18.7 Å². The van der Waals surface area contributed by atoms with Gasteiger partial charge in [-0.15, -0.1) is 0 Å². The average Bonchev–Trinajstić information content (AvgIpc) is 2.87. The number of nitrogens with two attached hydrogens (primary N) is 2. The Balaban J connectivity index is 2.43. The van der Waals surface area contributed by atoms with Crippen LogP contribution in [0.5, 0.6) is 0 Å². The van der Waals surface area contributed by atoms with Crippen LogP contribution in [0.25, 0.3) is 0 Å². The number of aliphatic hydroxyl groups excluding tert-OH is 3. The number of guanidine groups is 1. The molecular formula is C24H35N5O9. The van der Waals surface area contributed by atoms with E-state index in [1.807, 2.05) is 0 Å². The highest BCUT2D eigenvalue weighted by Gasteiger charge is 2.44. The zero-order valence-corrected chi connectivity index (χ0v) is 21.2. The Morgan fingerprint density at radius 3 is 2.29 bits per heavy atom.